The quantitative estimate of drug-likeness (QED) is 0.847. The summed E-state index contributed by atoms with van der Waals surface area (Å²) in [7, 11) is 1.69. The van der Waals surface area contributed by atoms with E-state index in [1.165, 1.54) is 11.1 Å². The van der Waals surface area contributed by atoms with E-state index in [9.17, 15) is 0 Å². The number of hydrogen-bond donors (Lipinski definition) is 1. The van der Waals surface area contributed by atoms with Crippen molar-refractivity contribution in [2.75, 3.05) is 12.8 Å². The summed E-state index contributed by atoms with van der Waals surface area (Å²) < 4.78 is 6.93. The number of hydrogen-bond acceptors (Lipinski definition) is 3. The van der Waals surface area contributed by atoms with Crippen molar-refractivity contribution in [2.45, 2.75) is 13.2 Å². The average molecular weight is 217 g/mol. The van der Waals surface area contributed by atoms with Gasteiger partial charge in [0.05, 0.1) is 19.3 Å². The minimum Gasteiger partial charge on any atom is -0.384 e. The normalized spacial score (nSPS) is 10.6. The van der Waals surface area contributed by atoms with Crippen LogP contribution in [-0.4, -0.2) is 16.9 Å². The largest absolute Gasteiger partial charge is 0.384 e. The molecule has 2 rings (SSSR count). The van der Waals surface area contributed by atoms with Crippen LogP contribution in [0.5, 0.6) is 0 Å². The standard InChI is InChI=1S/C12H15N3O/c1-16-9-11-5-3-2-4-10(11)8-15-12(13)6-7-14-15/h2-7H,8-9,13H2,1H3. The molecule has 0 aliphatic rings. The number of nitrogen functional groups attached to an aromatic ring is 1. The van der Waals surface area contributed by atoms with Gasteiger partial charge in [0, 0.05) is 7.11 Å². The lowest BCUT2D eigenvalue weighted by Crippen LogP contribution is -2.07. The van der Waals surface area contributed by atoms with Gasteiger partial charge < -0.3 is 10.5 Å². The first-order valence-corrected chi connectivity index (χ1v) is 5.14. The molecule has 0 fully saturated rings. The molecule has 84 valence electrons. The lowest BCUT2D eigenvalue weighted by atomic mass is 10.1. The first-order valence-electron chi connectivity index (χ1n) is 5.14. The Morgan fingerprint density at radius 2 is 2.00 bits per heavy atom. The first kappa shape index (κ1) is 10.7. The highest BCUT2D eigenvalue weighted by molar-refractivity contribution is 5.31. The summed E-state index contributed by atoms with van der Waals surface area (Å²) in [4.78, 5) is 0. The van der Waals surface area contributed by atoms with Crippen molar-refractivity contribution in [1.29, 1.82) is 0 Å². The van der Waals surface area contributed by atoms with Crippen molar-refractivity contribution in [3.05, 3.63) is 47.7 Å². The Balaban J connectivity index is 2.24. The Kier molecular flexibility index (Phi) is 3.22. The number of methoxy groups -OCH3 is 1. The van der Waals surface area contributed by atoms with E-state index in [1.807, 2.05) is 12.1 Å². The Bertz CT molecular complexity index is 465. The molecular weight excluding hydrogens is 202 g/mol. The predicted octanol–water partition coefficient (Wildman–Crippen LogP) is 1.66. The van der Waals surface area contributed by atoms with Crippen molar-refractivity contribution < 1.29 is 4.74 Å². The van der Waals surface area contributed by atoms with Gasteiger partial charge >= 0.3 is 0 Å². The molecule has 0 saturated carbocycles. The molecule has 0 unspecified atom stereocenters. The highest BCUT2D eigenvalue weighted by atomic mass is 16.5. The van der Waals surface area contributed by atoms with Gasteiger partial charge in [-0.1, -0.05) is 24.3 Å². The summed E-state index contributed by atoms with van der Waals surface area (Å²) >= 11 is 0. The molecule has 1 aromatic carbocycles. The third-order valence-electron chi connectivity index (χ3n) is 2.49. The molecule has 4 heteroatoms. The maximum absolute atomic E-state index is 5.78. The summed E-state index contributed by atoms with van der Waals surface area (Å²) in [5, 5.41) is 4.16. The molecule has 0 atom stereocenters. The fourth-order valence-corrected chi connectivity index (χ4v) is 1.64. The maximum atomic E-state index is 5.78. The summed E-state index contributed by atoms with van der Waals surface area (Å²) in [5.74, 6) is 0.673. The van der Waals surface area contributed by atoms with E-state index < -0.39 is 0 Å². The molecule has 0 amide bonds. The fourth-order valence-electron chi connectivity index (χ4n) is 1.64. The first-order chi connectivity index (χ1) is 7.81. The van der Waals surface area contributed by atoms with Crippen LogP contribution in [0.25, 0.3) is 0 Å². The van der Waals surface area contributed by atoms with Gasteiger partial charge in [0.25, 0.3) is 0 Å². The Hall–Kier alpha value is -1.81. The second-order valence-electron chi connectivity index (χ2n) is 3.62. The predicted molar refractivity (Wildman–Crippen MR) is 62.9 cm³/mol. The molecule has 1 heterocycles. The minimum atomic E-state index is 0.608. The van der Waals surface area contributed by atoms with E-state index in [0.29, 0.717) is 19.0 Å². The lowest BCUT2D eigenvalue weighted by Gasteiger charge is -2.09. The van der Waals surface area contributed by atoms with Gasteiger partial charge in [-0.15, -0.1) is 0 Å². The number of nitrogens with zero attached hydrogens (tertiary/aromatic N) is 2. The van der Waals surface area contributed by atoms with Crippen molar-refractivity contribution in [1.82, 2.24) is 9.78 Å². The molecule has 0 saturated heterocycles. The Morgan fingerprint density at radius 1 is 1.25 bits per heavy atom. The van der Waals surface area contributed by atoms with Gasteiger partial charge in [0.1, 0.15) is 5.82 Å². The molecule has 2 aromatic rings. The monoisotopic (exact) mass is 217 g/mol. The summed E-state index contributed by atoms with van der Waals surface area (Å²) in [5.41, 5.74) is 8.13. The van der Waals surface area contributed by atoms with E-state index >= 15 is 0 Å². The van der Waals surface area contributed by atoms with Crippen LogP contribution in [0, 0.1) is 0 Å². The van der Waals surface area contributed by atoms with E-state index in [1.54, 1.807) is 24.1 Å². The van der Waals surface area contributed by atoms with E-state index in [-0.39, 0.29) is 0 Å². The summed E-state index contributed by atoms with van der Waals surface area (Å²) in [6.45, 7) is 1.29. The van der Waals surface area contributed by atoms with E-state index in [4.69, 9.17) is 10.5 Å². The van der Waals surface area contributed by atoms with Crippen LogP contribution in [0.1, 0.15) is 11.1 Å². The van der Waals surface area contributed by atoms with Crippen LogP contribution in [0.3, 0.4) is 0 Å². The van der Waals surface area contributed by atoms with Gasteiger partial charge in [-0.05, 0) is 17.2 Å². The summed E-state index contributed by atoms with van der Waals surface area (Å²) in [6.07, 6.45) is 1.70. The zero-order valence-corrected chi connectivity index (χ0v) is 9.26. The third kappa shape index (κ3) is 2.23. The third-order valence-corrected chi connectivity index (χ3v) is 2.49. The molecule has 0 bridgehead atoms. The van der Waals surface area contributed by atoms with Crippen molar-refractivity contribution in [2.24, 2.45) is 0 Å². The number of rotatable bonds is 4. The van der Waals surface area contributed by atoms with Crippen molar-refractivity contribution >= 4 is 5.82 Å². The number of anilines is 1. The fraction of sp³-hybridized carbons (Fsp3) is 0.250. The molecule has 2 N–H and O–H groups in total. The van der Waals surface area contributed by atoms with Crippen LogP contribution in [0.4, 0.5) is 5.82 Å². The molecule has 0 aliphatic carbocycles. The Labute approximate surface area is 94.6 Å². The molecule has 0 aliphatic heterocycles. The van der Waals surface area contributed by atoms with Gasteiger partial charge in [-0.25, -0.2) is 4.68 Å². The highest BCUT2D eigenvalue weighted by Gasteiger charge is 2.04. The number of aromatic nitrogens is 2. The minimum absolute atomic E-state index is 0.608. The number of ether oxygens (including phenoxy) is 1. The van der Waals surface area contributed by atoms with Crippen LogP contribution in [0.15, 0.2) is 36.5 Å². The topological polar surface area (TPSA) is 53.1 Å². The molecular formula is C12H15N3O. The molecule has 4 nitrogen and oxygen atoms in total. The molecule has 0 radical (unpaired) electrons. The lowest BCUT2D eigenvalue weighted by molar-refractivity contribution is 0.184. The zero-order chi connectivity index (χ0) is 11.4. The Morgan fingerprint density at radius 3 is 2.62 bits per heavy atom. The SMILES string of the molecule is COCc1ccccc1Cn1nccc1N. The smallest absolute Gasteiger partial charge is 0.122 e. The summed E-state index contributed by atoms with van der Waals surface area (Å²) in [6, 6.07) is 9.92. The highest BCUT2D eigenvalue weighted by Crippen LogP contribution is 2.13. The maximum Gasteiger partial charge on any atom is 0.122 e. The zero-order valence-electron chi connectivity index (χ0n) is 9.26. The van der Waals surface area contributed by atoms with Gasteiger partial charge in [-0.3, -0.25) is 0 Å². The van der Waals surface area contributed by atoms with Crippen molar-refractivity contribution in [3.63, 3.8) is 0 Å². The molecule has 0 spiro atoms. The second kappa shape index (κ2) is 4.81. The van der Waals surface area contributed by atoms with Gasteiger partial charge in [-0.2, -0.15) is 5.10 Å². The van der Waals surface area contributed by atoms with Gasteiger partial charge in [0.2, 0.25) is 0 Å². The van der Waals surface area contributed by atoms with Crippen LogP contribution in [0.2, 0.25) is 0 Å². The van der Waals surface area contributed by atoms with Crippen LogP contribution in [-0.2, 0) is 17.9 Å². The average Bonchev–Trinajstić information content (AvgIpc) is 2.68. The molecule has 1 aromatic heterocycles. The van der Waals surface area contributed by atoms with Gasteiger partial charge in [0.15, 0.2) is 0 Å². The van der Waals surface area contributed by atoms with Crippen LogP contribution >= 0.6 is 0 Å². The van der Waals surface area contributed by atoms with E-state index in [2.05, 4.69) is 17.2 Å². The molecule has 16 heavy (non-hydrogen) atoms. The number of nitrogens with two attached hydrogens (primary N) is 1. The van der Waals surface area contributed by atoms with Crippen LogP contribution < -0.4 is 5.73 Å². The number of benzene rings is 1. The second-order valence-corrected chi connectivity index (χ2v) is 3.62. The van der Waals surface area contributed by atoms with E-state index in [0.717, 1.165) is 0 Å². The van der Waals surface area contributed by atoms with Crippen molar-refractivity contribution in [3.8, 4) is 0 Å².